The zero-order valence-corrected chi connectivity index (χ0v) is 18.7. The fraction of sp³-hybridized carbons (Fsp3) is 0.208. The van der Waals surface area contributed by atoms with Crippen molar-refractivity contribution >= 4 is 44.8 Å². The molecule has 0 saturated heterocycles. The molecule has 1 fully saturated rings. The standard InChI is InChI=1S/C24H21F2N5OS/c1-3-22(32)28-19-8-16(17(25)9-18(19)26)23-15-6-7-31(12-14-4-5-14)20(15)10-21(29-23)30-24-27-11-13(2)33-24/h3,6-11,14H,1,4-5,12H2,2H3,(H,28,32)(H,27,29,30). The van der Waals surface area contributed by atoms with Crippen molar-refractivity contribution in [3.05, 3.63) is 65.8 Å². The third-order valence-electron chi connectivity index (χ3n) is 5.53. The molecule has 3 heterocycles. The van der Waals surface area contributed by atoms with E-state index in [4.69, 9.17) is 0 Å². The number of nitrogens with zero attached hydrogens (tertiary/aromatic N) is 3. The maximum absolute atomic E-state index is 15.0. The molecule has 1 aromatic carbocycles. The van der Waals surface area contributed by atoms with Crippen LogP contribution in [0.25, 0.3) is 22.2 Å². The zero-order chi connectivity index (χ0) is 23.1. The first-order valence-electron chi connectivity index (χ1n) is 10.5. The highest BCUT2D eigenvalue weighted by molar-refractivity contribution is 7.15. The molecule has 0 radical (unpaired) electrons. The second-order valence-electron chi connectivity index (χ2n) is 8.11. The van der Waals surface area contributed by atoms with Gasteiger partial charge in [-0.05, 0) is 43.9 Å². The van der Waals surface area contributed by atoms with Gasteiger partial charge in [0, 0.05) is 46.9 Å². The van der Waals surface area contributed by atoms with Gasteiger partial charge in [0.15, 0.2) is 5.13 Å². The van der Waals surface area contributed by atoms with Crippen LogP contribution < -0.4 is 10.6 Å². The number of halogens is 2. The van der Waals surface area contributed by atoms with Crippen LogP contribution >= 0.6 is 11.3 Å². The van der Waals surface area contributed by atoms with E-state index in [0.717, 1.165) is 34.5 Å². The highest BCUT2D eigenvalue weighted by Gasteiger charge is 2.24. The Kier molecular flexibility index (Phi) is 5.41. The predicted molar refractivity (Wildman–Crippen MR) is 127 cm³/mol. The maximum atomic E-state index is 15.0. The Balaban J connectivity index is 1.66. The molecule has 1 amide bonds. The van der Waals surface area contributed by atoms with Gasteiger partial charge in [-0.15, -0.1) is 11.3 Å². The Bertz CT molecular complexity index is 1390. The fourth-order valence-electron chi connectivity index (χ4n) is 3.73. The van der Waals surface area contributed by atoms with Crippen LogP contribution in [0.2, 0.25) is 0 Å². The normalized spacial score (nSPS) is 13.3. The number of fused-ring (bicyclic) bond motifs is 1. The summed E-state index contributed by atoms with van der Waals surface area (Å²) in [5.74, 6) is -1.09. The first-order chi connectivity index (χ1) is 15.9. The molecular formula is C24H21F2N5OS. The number of anilines is 3. The molecular weight excluding hydrogens is 444 g/mol. The van der Waals surface area contributed by atoms with Crippen molar-refractivity contribution in [2.24, 2.45) is 5.92 Å². The summed E-state index contributed by atoms with van der Waals surface area (Å²) in [6.45, 7) is 6.20. The van der Waals surface area contributed by atoms with Crippen LogP contribution in [-0.4, -0.2) is 20.4 Å². The number of rotatable bonds is 7. The first-order valence-corrected chi connectivity index (χ1v) is 11.3. The zero-order valence-electron chi connectivity index (χ0n) is 17.9. The molecule has 0 spiro atoms. The van der Waals surface area contributed by atoms with E-state index in [1.165, 1.54) is 30.2 Å². The summed E-state index contributed by atoms with van der Waals surface area (Å²) < 4.78 is 31.5. The summed E-state index contributed by atoms with van der Waals surface area (Å²) >= 11 is 1.48. The minimum Gasteiger partial charge on any atom is -0.347 e. The van der Waals surface area contributed by atoms with E-state index >= 15 is 4.39 Å². The first kappa shape index (κ1) is 21.3. The maximum Gasteiger partial charge on any atom is 0.247 e. The summed E-state index contributed by atoms with van der Waals surface area (Å²) in [6.07, 6.45) is 7.14. The van der Waals surface area contributed by atoms with E-state index < -0.39 is 17.5 Å². The molecule has 3 aromatic heterocycles. The number of carbonyl (C=O) groups excluding carboxylic acids is 1. The molecule has 1 saturated carbocycles. The van der Waals surface area contributed by atoms with Crippen molar-refractivity contribution in [3.8, 4) is 11.3 Å². The number of aromatic nitrogens is 3. The molecule has 6 nitrogen and oxygen atoms in total. The van der Waals surface area contributed by atoms with Crippen LogP contribution in [0.5, 0.6) is 0 Å². The lowest BCUT2D eigenvalue weighted by molar-refractivity contribution is -0.111. The molecule has 1 aliphatic rings. The number of aryl methyl sites for hydroxylation is 1. The molecule has 5 rings (SSSR count). The molecule has 33 heavy (non-hydrogen) atoms. The van der Waals surface area contributed by atoms with Crippen LogP contribution in [0.1, 0.15) is 17.7 Å². The molecule has 2 N–H and O–H groups in total. The number of benzene rings is 1. The van der Waals surface area contributed by atoms with E-state index in [2.05, 4.69) is 31.7 Å². The number of pyridine rings is 1. The summed E-state index contributed by atoms with van der Waals surface area (Å²) in [6, 6.07) is 5.83. The number of carbonyl (C=O) groups is 1. The minimum atomic E-state index is -0.874. The van der Waals surface area contributed by atoms with Gasteiger partial charge in [-0.2, -0.15) is 0 Å². The average Bonchev–Trinajstić information content (AvgIpc) is 3.38. The molecule has 168 valence electrons. The third-order valence-corrected chi connectivity index (χ3v) is 6.36. The van der Waals surface area contributed by atoms with Crippen LogP contribution in [0.3, 0.4) is 0 Å². The van der Waals surface area contributed by atoms with Gasteiger partial charge in [-0.25, -0.2) is 18.7 Å². The van der Waals surface area contributed by atoms with Crippen LogP contribution in [0.15, 0.2) is 49.3 Å². The van der Waals surface area contributed by atoms with Crippen molar-refractivity contribution in [1.82, 2.24) is 14.5 Å². The van der Waals surface area contributed by atoms with E-state index in [9.17, 15) is 9.18 Å². The van der Waals surface area contributed by atoms with Gasteiger partial charge in [0.25, 0.3) is 0 Å². The van der Waals surface area contributed by atoms with Crippen LogP contribution in [0, 0.1) is 24.5 Å². The Morgan fingerprint density at radius 3 is 2.82 bits per heavy atom. The van der Waals surface area contributed by atoms with Crippen molar-refractivity contribution in [2.75, 3.05) is 10.6 Å². The van der Waals surface area contributed by atoms with Gasteiger partial charge in [0.2, 0.25) is 5.91 Å². The number of nitrogens with one attached hydrogen (secondary N) is 2. The summed E-state index contributed by atoms with van der Waals surface area (Å²) in [5, 5.41) is 7.00. The Labute approximate surface area is 193 Å². The van der Waals surface area contributed by atoms with Gasteiger partial charge >= 0.3 is 0 Å². The smallest absolute Gasteiger partial charge is 0.247 e. The van der Waals surface area contributed by atoms with Crippen molar-refractivity contribution in [3.63, 3.8) is 0 Å². The third kappa shape index (κ3) is 4.36. The highest BCUT2D eigenvalue weighted by atomic mass is 32.1. The van der Waals surface area contributed by atoms with Crippen LogP contribution in [0.4, 0.5) is 25.4 Å². The number of hydrogen-bond acceptors (Lipinski definition) is 5. The molecule has 0 unspecified atom stereocenters. The van der Waals surface area contributed by atoms with Crippen LogP contribution in [-0.2, 0) is 11.3 Å². The molecule has 4 aromatic rings. The molecule has 0 atom stereocenters. The van der Waals surface area contributed by atoms with Gasteiger partial charge in [0.05, 0.1) is 16.9 Å². The molecule has 0 aliphatic heterocycles. The van der Waals surface area contributed by atoms with E-state index in [1.807, 2.05) is 25.3 Å². The quantitative estimate of drug-likeness (QED) is 0.327. The van der Waals surface area contributed by atoms with Crippen molar-refractivity contribution in [2.45, 2.75) is 26.3 Å². The second-order valence-corrected chi connectivity index (χ2v) is 9.34. The van der Waals surface area contributed by atoms with E-state index in [-0.39, 0.29) is 11.3 Å². The number of thiazole rings is 1. The molecule has 9 heteroatoms. The number of amides is 1. The van der Waals surface area contributed by atoms with E-state index in [1.54, 1.807) is 6.20 Å². The minimum absolute atomic E-state index is 0.0869. The topological polar surface area (TPSA) is 71.8 Å². The SMILES string of the molecule is C=CC(=O)Nc1cc(-c2nc(Nc3ncc(C)s3)cc3c2ccn3CC2CC2)c(F)cc1F. The Morgan fingerprint density at radius 2 is 2.12 bits per heavy atom. The summed E-state index contributed by atoms with van der Waals surface area (Å²) in [4.78, 5) is 21.8. The Hall–Kier alpha value is -3.59. The van der Waals surface area contributed by atoms with Crippen molar-refractivity contribution in [1.29, 1.82) is 0 Å². The average molecular weight is 466 g/mol. The van der Waals surface area contributed by atoms with Gasteiger partial charge in [-0.3, -0.25) is 4.79 Å². The highest BCUT2D eigenvalue weighted by Crippen LogP contribution is 2.37. The largest absolute Gasteiger partial charge is 0.347 e. The molecule has 0 bridgehead atoms. The van der Waals surface area contributed by atoms with Gasteiger partial charge in [-0.1, -0.05) is 6.58 Å². The lowest BCUT2D eigenvalue weighted by Crippen LogP contribution is -2.09. The monoisotopic (exact) mass is 465 g/mol. The van der Waals surface area contributed by atoms with Gasteiger partial charge in [0.1, 0.15) is 17.5 Å². The van der Waals surface area contributed by atoms with E-state index in [0.29, 0.717) is 22.6 Å². The Morgan fingerprint density at radius 1 is 1.30 bits per heavy atom. The number of hydrogen-bond donors (Lipinski definition) is 2. The summed E-state index contributed by atoms with van der Waals surface area (Å²) in [5.41, 5.74) is 1.19. The summed E-state index contributed by atoms with van der Waals surface area (Å²) in [7, 11) is 0. The lowest BCUT2D eigenvalue weighted by atomic mass is 10.1. The van der Waals surface area contributed by atoms with Crippen molar-refractivity contribution < 1.29 is 13.6 Å². The molecule has 1 aliphatic carbocycles. The second kappa shape index (κ2) is 8.40. The predicted octanol–water partition coefficient (Wildman–Crippen LogP) is 6.02. The fourth-order valence-corrected chi connectivity index (χ4v) is 4.40. The van der Waals surface area contributed by atoms with Gasteiger partial charge < -0.3 is 15.2 Å². The lowest BCUT2D eigenvalue weighted by Gasteiger charge is -2.13.